The highest BCUT2D eigenvalue weighted by Crippen LogP contribution is 2.35. The lowest BCUT2D eigenvalue weighted by molar-refractivity contribution is -0.149. The van der Waals surface area contributed by atoms with E-state index in [1.54, 1.807) is 35.9 Å². The average Bonchev–Trinajstić information content (AvgIpc) is 3.62. The highest BCUT2D eigenvalue weighted by molar-refractivity contribution is 8.18. The number of thioether (sulfide) groups is 1. The molecule has 3 aromatic rings. The van der Waals surface area contributed by atoms with E-state index in [2.05, 4.69) is 4.99 Å². The second-order valence-corrected chi connectivity index (χ2v) is 13.1. The summed E-state index contributed by atoms with van der Waals surface area (Å²) in [5, 5.41) is 5.44. The molecule has 3 heterocycles. The number of hydrogen-bond donors (Lipinski definition) is 0. The van der Waals surface area contributed by atoms with Crippen molar-refractivity contribution in [1.82, 2.24) is 19.0 Å². The van der Waals surface area contributed by atoms with E-state index in [0.29, 0.717) is 72.5 Å². The topological polar surface area (TPSA) is 114 Å². The second kappa shape index (κ2) is 13.3. The standard InChI is InChI=1S/C31H35N5O5S2/c1-4-35(5-2)43(39,40)26-14-10-11-23(19-26)28-24(21-36(33-28)25-12-8-7-9-13-25)20-27-29(37)32-31(42-27)34-17-15-22(16-18-34)30(38)41-6-3/h7-14,19-22H,4-6,15-18H2,1-3H3. The fraction of sp³-hybridized carbons (Fsp3) is 0.355. The van der Waals surface area contributed by atoms with Crippen LogP contribution in [0.5, 0.6) is 0 Å². The van der Waals surface area contributed by atoms with Crippen LogP contribution in [0.15, 0.2) is 75.6 Å². The number of para-hydroxylation sites is 1. The van der Waals surface area contributed by atoms with E-state index in [1.165, 1.54) is 16.1 Å². The van der Waals surface area contributed by atoms with Crippen molar-refractivity contribution in [3.05, 3.63) is 71.3 Å². The molecule has 0 N–H and O–H groups in total. The number of carbonyl (C=O) groups excluding carboxylic acids is 2. The molecule has 1 fully saturated rings. The van der Waals surface area contributed by atoms with Gasteiger partial charge in [-0.2, -0.15) is 14.4 Å². The van der Waals surface area contributed by atoms with Crippen LogP contribution in [0.2, 0.25) is 0 Å². The molecule has 0 aliphatic carbocycles. The SMILES string of the molecule is CCOC(=O)C1CCN(C2=NC(=O)C(=Cc3cn(-c4ccccc4)nc3-c3cccc(S(=O)(=O)N(CC)CC)c3)S2)CC1. The summed E-state index contributed by atoms with van der Waals surface area (Å²) < 4.78 is 34.9. The zero-order valence-electron chi connectivity index (χ0n) is 24.5. The molecular weight excluding hydrogens is 587 g/mol. The lowest BCUT2D eigenvalue weighted by Gasteiger charge is -2.31. The average molecular weight is 622 g/mol. The Hall–Kier alpha value is -3.74. The number of piperidine rings is 1. The highest BCUT2D eigenvalue weighted by Gasteiger charge is 2.32. The van der Waals surface area contributed by atoms with Crippen LogP contribution >= 0.6 is 11.8 Å². The van der Waals surface area contributed by atoms with Gasteiger partial charge in [-0.05, 0) is 61.9 Å². The van der Waals surface area contributed by atoms with Crippen LogP contribution in [0.25, 0.3) is 23.0 Å². The summed E-state index contributed by atoms with van der Waals surface area (Å²) in [4.78, 5) is 32.2. The van der Waals surface area contributed by atoms with Crippen molar-refractivity contribution in [3.8, 4) is 16.9 Å². The molecule has 2 aliphatic rings. The van der Waals surface area contributed by atoms with Crippen LogP contribution in [0.4, 0.5) is 0 Å². The molecule has 10 nitrogen and oxygen atoms in total. The number of likely N-dealkylation sites (tertiary alicyclic amines) is 1. The van der Waals surface area contributed by atoms with Crippen LogP contribution in [0.3, 0.4) is 0 Å². The number of amides is 1. The zero-order chi connectivity index (χ0) is 30.6. The van der Waals surface area contributed by atoms with E-state index in [0.717, 1.165) is 5.69 Å². The van der Waals surface area contributed by atoms with Gasteiger partial charge in [-0.25, -0.2) is 13.1 Å². The molecule has 2 aliphatic heterocycles. The minimum Gasteiger partial charge on any atom is -0.466 e. The third-order valence-corrected chi connectivity index (χ3v) is 10.6. The van der Waals surface area contributed by atoms with Gasteiger partial charge in [0.1, 0.15) is 5.69 Å². The molecule has 0 unspecified atom stereocenters. The first-order valence-corrected chi connectivity index (χ1v) is 16.7. The van der Waals surface area contributed by atoms with Crippen molar-refractivity contribution in [3.63, 3.8) is 0 Å². The summed E-state index contributed by atoms with van der Waals surface area (Å²) in [7, 11) is -3.68. The quantitative estimate of drug-likeness (QED) is 0.247. The number of benzene rings is 2. The lowest BCUT2D eigenvalue weighted by Crippen LogP contribution is -2.39. The lowest BCUT2D eigenvalue weighted by atomic mass is 9.97. The number of aromatic nitrogens is 2. The molecule has 1 saturated heterocycles. The van der Waals surface area contributed by atoms with Gasteiger partial charge in [0.05, 0.1) is 28.0 Å². The van der Waals surface area contributed by atoms with Crippen LogP contribution in [0, 0.1) is 5.92 Å². The maximum Gasteiger partial charge on any atom is 0.309 e. The summed E-state index contributed by atoms with van der Waals surface area (Å²) in [6.45, 7) is 7.75. The Bertz CT molecular complexity index is 1650. The molecule has 0 radical (unpaired) electrons. The highest BCUT2D eigenvalue weighted by atomic mass is 32.2. The Morgan fingerprint density at radius 3 is 2.47 bits per heavy atom. The predicted octanol–water partition coefficient (Wildman–Crippen LogP) is 4.82. The number of esters is 1. The molecule has 226 valence electrons. The van der Waals surface area contributed by atoms with Gasteiger partial charge < -0.3 is 9.64 Å². The normalized spacial score (nSPS) is 17.1. The molecule has 0 spiro atoms. The first-order chi connectivity index (χ1) is 20.7. The Kier molecular flexibility index (Phi) is 9.48. The van der Waals surface area contributed by atoms with Crippen molar-refractivity contribution in [1.29, 1.82) is 0 Å². The molecule has 43 heavy (non-hydrogen) atoms. The number of carbonyl (C=O) groups is 2. The number of ether oxygens (including phenoxy) is 1. The second-order valence-electron chi connectivity index (χ2n) is 10.2. The van der Waals surface area contributed by atoms with Crippen LogP contribution in [-0.2, 0) is 24.3 Å². The number of nitrogens with zero attached hydrogens (tertiary/aromatic N) is 5. The number of hydrogen-bond acceptors (Lipinski definition) is 8. The van der Waals surface area contributed by atoms with Gasteiger partial charge in [0, 0.05) is 43.5 Å². The van der Waals surface area contributed by atoms with Gasteiger partial charge in [0.15, 0.2) is 5.17 Å². The van der Waals surface area contributed by atoms with E-state index < -0.39 is 10.0 Å². The van der Waals surface area contributed by atoms with Crippen molar-refractivity contribution < 1.29 is 22.7 Å². The van der Waals surface area contributed by atoms with Crippen LogP contribution in [0.1, 0.15) is 39.2 Å². The van der Waals surface area contributed by atoms with Crippen molar-refractivity contribution in [2.45, 2.75) is 38.5 Å². The van der Waals surface area contributed by atoms with Gasteiger partial charge in [-0.3, -0.25) is 9.59 Å². The largest absolute Gasteiger partial charge is 0.466 e. The first kappa shape index (κ1) is 30.7. The van der Waals surface area contributed by atoms with Gasteiger partial charge in [0.2, 0.25) is 10.0 Å². The zero-order valence-corrected chi connectivity index (χ0v) is 26.1. The number of amidine groups is 1. The summed E-state index contributed by atoms with van der Waals surface area (Å²) in [6.07, 6.45) is 4.89. The van der Waals surface area contributed by atoms with Crippen molar-refractivity contribution in [2.75, 3.05) is 32.8 Å². The van der Waals surface area contributed by atoms with Crippen LogP contribution < -0.4 is 0 Å². The monoisotopic (exact) mass is 621 g/mol. The molecule has 1 amide bonds. The van der Waals surface area contributed by atoms with E-state index >= 15 is 0 Å². The molecule has 1 aromatic heterocycles. The Labute approximate surface area is 256 Å². The summed E-state index contributed by atoms with van der Waals surface area (Å²) in [5.41, 5.74) is 2.65. The number of aliphatic imine (C=N–C) groups is 1. The predicted molar refractivity (Wildman–Crippen MR) is 168 cm³/mol. The van der Waals surface area contributed by atoms with Gasteiger partial charge in [0.25, 0.3) is 5.91 Å². The van der Waals surface area contributed by atoms with E-state index in [1.807, 2.05) is 61.3 Å². The van der Waals surface area contributed by atoms with E-state index in [4.69, 9.17) is 9.84 Å². The third-order valence-electron chi connectivity index (χ3n) is 7.50. The van der Waals surface area contributed by atoms with Crippen molar-refractivity contribution in [2.24, 2.45) is 10.9 Å². The third kappa shape index (κ3) is 6.61. The van der Waals surface area contributed by atoms with Gasteiger partial charge in [-0.1, -0.05) is 44.2 Å². The summed E-state index contributed by atoms with van der Waals surface area (Å²) in [6, 6.07) is 16.3. The molecule has 5 rings (SSSR count). The Morgan fingerprint density at radius 2 is 1.79 bits per heavy atom. The van der Waals surface area contributed by atoms with Gasteiger partial charge in [-0.15, -0.1) is 0 Å². The summed E-state index contributed by atoms with van der Waals surface area (Å²) >= 11 is 1.30. The molecule has 0 bridgehead atoms. The minimum atomic E-state index is -3.68. The van der Waals surface area contributed by atoms with Crippen LogP contribution in [-0.4, -0.2) is 77.2 Å². The van der Waals surface area contributed by atoms with E-state index in [-0.39, 0.29) is 22.7 Å². The summed E-state index contributed by atoms with van der Waals surface area (Å²) in [5.74, 6) is -0.651. The first-order valence-electron chi connectivity index (χ1n) is 14.4. The van der Waals surface area contributed by atoms with Gasteiger partial charge >= 0.3 is 5.97 Å². The fourth-order valence-electron chi connectivity index (χ4n) is 5.19. The van der Waals surface area contributed by atoms with E-state index in [9.17, 15) is 18.0 Å². The molecule has 0 atom stereocenters. The minimum absolute atomic E-state index is 0.137. The maximum absolute atomic E-state index is 13.3. The number of rotatable bonds is 9. The molecule has 0 saturated carbocycles. The van der Waals surface area contributed by atoms with Crippen molar-refractivity contribution >= 4 is 44.9 Å². The Balaban J connectivity index is 1.45. The Morgan fingerprint density at radius 1 is 1.07 bits per heavy atom. The molecule has 2 aromatic carbocycles. The fourth-order valence-corrected chi connectivity index (χ4v) is 7.65. The number of sulfonamides is 1. The maximum atomic E-state index is 13.3. The molecular formula is C31H35N5O5S2. The smallest absolute Gasteiger partial charge is 0.309 e. The molecule has 12 heteroatoms.